The summed E-state index contributed by atoms with van der Waals surface area (Å²) in [6.07, 6.45) is 5.97. The maximum Gasteiger partial charge on any atom is 0.123 e. The molecule has 20 heavy (non-hydrogen) atoms. The van der Waals surface area contributed by atoms with Gasteiger partial charge in [0.15, 0.2) is 0 Å². The third kappa shape index (κ3) is 3.09. The SMILES string of the molecule is Fc1ccc(C2=CC(C3CCC(F)CC3)NCC2)cc1. The molecule has 0 amide bonds. The van der Waals surface area contributed by atoms with Crippen LogP contribution in [0.2, 0.25) is 0 Å². The van der Waals surface area contributed by atoms with E-state index >= 15 is 0 Å². The summed E-state index contributed by atoms with van der Waals surface area (Å²) in [6, 6.07) is 7.07. The summed E-state index contributed by atoms with van der Waals surface area (Å²) in [7, 11) is 0. The van der Waals surface area contributed by atoms with Gasteiger partial charge in [0.2, 0.25) is 0 Å². The Hall–Kier alpha value is -1.22. The number of rotatable bonds is 2. The molecule has 0 saturated heterocycles. The van der Waals surface area contributed by atoms with Gasteiger partial charge in [-0.05, 0) is 67.8 Å². The number of halogens is 2. The Balaban J connectivity index is 1.73. The van der Waals surface area contributed by atoms with Crippen LogP contribution in [0.1, 0.15) is 37.7 Å². The quantitative estimate of drug-likeness (QED) is 0.858. The van der Waals surface area contributed by atoms with E-state index in [2.05, 4.69) is 11.4 Å². The van der Waals surface area contributed by atoms with Gasteiger partial charge in [0.25, 0.3) is 0 Å². The van der Waals surface area contributed by atoms with Gasteiger partial charge in [-0.1, -0.05) is 18.2 Å². The van der Waals surface area contributed by atoms with Crippen LogP contribution in [0.15, 0.2) is 30.3 Å². The van der Waals surface area contributed by atoms with Crippen LogP contribution in [0.5, 0.6) is 0 Å². The molecule has 1 unspecified atom stereocenters. The van der Waals surface area contributed by atoms with Crippen LogP contribution in [-0.2, 0) is 0 Å². The third-order valence-corrected chi connectivity index (χ3v) is 4.58. The minimum atomic E-state index is -0.601. The van der Waals surface area contributed by atoms with Gasteiger partial charge >= 0.3 is 0 Å². The molecule has 1 aliphatic carbocycles. The summed E-state index contributed by atoms with van der Waals surface area (Å²) in [6.45, 7) is 0.948. The fourth-order valence-electron chi connectivity index (χ4n) is 3.38. The first-order valence-electron chi connectivity index (χ1n) is 7.56. The minimum absolute atomic E-state index is 0.193. The summed E-state index contributed by atoms with van der Waals surface area (Å²) in [4.78, 5) is 0. The zero-order valence-electron chi connectivity index (χ0n) is 11.6. The molecule has 0 radical (unpaired) electrons. The molecular weight excluding hydrogens is 256 g/mol. The molecule has 1 N–H and O–H groups in total. The van der Waals surface area contributed by atoms with Crippen molar-refractivity contribution in [1.29, 1.82) is 0 Å². The first kappa shape index (κ1) is 13.7. The van der Waals surface area contributed by atoms with Crippen molar-refractivity contribution in [3.63, 3.8) is 0 Å². The summed E-state index contributed by atoms with van der Waals surface area (Å²) in [5.41, 5.74) is 2.40. The lowest BCUT2D eigenvalue weighted by Gasteiger charge is -2.33. The highest BCUT2D eigenvalue weighted by atomic mass is 19.1. The van der Waals surface area contributed by atoms with Gasteiger partial charge in [-0.3, -0.25) is 0 Å². The van der Waals surface area contributed by atoms with Crippen molar-refractivity contribution in [2.24, 2.45) is 5.92 Å². The van der Waals surface area contributed by atoms with E-state index in [-0.39, 0.29) is 5.82 Å². The van der Waals surface area contributed by atoms with Crippen molar-refractivity contribution < 1.29 is 8.78 Å². The summed E-state index contributed by atoms with van der Waals surface area (Å²) in [5, 5.41) is 3.54. The molecular formula is C17H21F2N. The summed E-state index contributed by atoms with van der Waals surface area (Å²) >= 11 is 0. The van der Waals surface area contributed by atoms with Crippen LogP contribution in [-0.4, -0.2) is 18.8 Å². The lowest BCUT2D eigenvalue weighted by atomic mass is 9.80. The molecule has 1 fully saturated rings. The number of nitrogens with one attached hydrogen (secondary N) is 1. The second-order valence-corrected chi connectivity index (χ2v) is 5.94. The van der Waals surface area contributed by atoms with Crippen molar-refractivity contribution in [3.05, 3.63) is 41.7 Å². The second-order valence-electron chi connectivity index (χ2n) is 5.94. The average Bonchev–Trinajstić information content (AvgIpc) is 2.49. The van der Waals surface area contributed by atoms with Gasteiger partial charge in [0, 0.05) is 6.04 Å². The van der Waals surface area contributed by atoms with E-state index in [0.29, 0.717) is 24.8 Å². The van der Waals surface area contributed by atoms with Crippen molar-refractivity contribution >= 4 is 5.57 Å². The van der Waals surface area contributed by atoms with Gasteiger partial charge in [-0.15, -0.1) is 0 Å². The Morgan fingerprint density at radius 1 is 1.00 bits per heavy atom. The van der Waals surface area contributed by atoms with Crippen LogP contribution in [0.4, 0.5) is 8.78 Å². The van der Waals surface area contributed by atoms with E-state index in [1.807, 2.05) is 12.1 Å². The van der Waals surface area contributed by atoms with E-state index in [9.17, 15) is 8.78 Å². The van der Waals surface area contributed by atoms with Gasteiger partial charge in [0.05, 0.1) is 0 Å². The highest BCUT2D eigenvalue weighted by molar-refractivity contribution is 5.67. The lowest BCUT2D eigenvalue weighted by molar-refractivity contribution is 0.189. The van der Waals surface area contributed by atoms with Crippen molar-refractivity contribution in [1.82, 2.24) is 5.32 Å². The first-order valence-corrected chi connectivity index (χ1v) is 7.56. The molecule has 108 valence electrons. The van der Waals surface area contributed by atoms with Crippen molar-refractivity contribution in [2.45, 2.75) is 44.3 Å². The highest BCUT2D eigenvalue weighted by Crippen LogP contribution is 2.32. The summed E-state index contributed by atoms with van der Waals surface area (Å²) in [5.74, 6) is 0.346. The Labute approximate surface area is 119 Å². The van der Waals surface area contributed by atoms with Crippen LogP contribution >= 0.6 is 0 Å². The van der Waals surface area contributed by atoms with Crippen LogP contribution in [0, 0.1) is 11.7 Å². The predicted octanol–water partition coefficient (Wildman–Crippen LogP) is 4.10. The smallest absolute Gasteiger partial charge is 0.123 e. The molecule has 3 rings (SSSR count). The van der Waals surface area contributed by atoms with Gasteiger partial charge in [-0.2, -0.15) is 0 Å². The number of benzene rings is 1. The van der Waals surface area contributed by atoms with Gasteiger partial charge in [0.1, 0.15) is 12.0 Å². The molecule has 0 spiro atoms. The van der Waals surface area contributed by atoms with E-state index in [1.165, 1.54) is 17.7 Å². The van der Waals surface area contributed by atoms with Gasteiger partial charge < -0.3 is 5.32 Å². The van der Waals surface area contributed by atoms with Crippen LogP contribution in [0.3, 0.4) is 0 Å². The highest BCUT2D eigenvalue weighted by Gasteiger charge is 2.27. The standard InChI is InChI=1S/C17H21F2N/c18-15-5-1-12(2-6-15)14-9-10-20-17(11-14)13-3-7-16(19)8-4-13/h1-2,5-6,11,13,16-17,20H,3-4,7-10H2. The molecule has 3 heteroatoms. The fourth-order valence-corrected chi connectivity index (χ4v) is 3.38. The fraction of sp³-hybridized carbons (Fsp3) is 0.529. The molecule has 1 aromatic rings. The van der Waals surface area contributed by atoms with Crippen molar-refractivity contribution in [2.75, 3.05) is 6.54 Å². The zero-order valence-corrected chi connectivity index (χ0v) is 11.6. The number of hydrogen-bond donors (Lipinski definition) is 1. The Morgan fingerprint density at radius 3 is 2.40 bits per heavy atom. The Bertz CT molecular complexity index is 472. The monoisotopic (exact) mass is 277 g/mol. The van der Waals surface area contributed by atoms with E-state index < -0.39 is 6.17 Å². The van der Waals surface area contributed by atoms with Crippen LogP contribution < -0.4 is 5.32 Å². The molecule has 1 saturated carbocycles. The maximum atomic E-state index is 13.2. The average molecular weight is 277 g/mol. The maximum absolute atomic E-state index is 13.2. The second kappa shape index (κ2) is 6.04. The topological polar surface area (TPSA) is 12.0 Å². The molecule has 1 heterocycles. The Kier molecular flexibility index (Phi) is 4.16. The third-order valence-electron chi connectivity index (χ3n) is 4.58. The van der Waals surface area contributed by atoms with Gasteiger partial charge in [-0.25, -0.2) is 8.78 Å². The van der Waals surface area contributed by atoms with E-state index in [1.54, 1.807) is 0 Å². The minimum Gasteiger partial charge on any atom is -0.310 e. The first-order chi connectivity index (χ1) is 9.72. The molecule has 1 aliphatic heterocycles. The van der Waals surface area contributed by atoms with Crippen LogP contribution in [0.25, 0.3) is 5.57 Å². The van der Waals surface area contributed by atoms with E-state index in [4.69, 9.17) is 0 Å². The Morgan fingerprint density at radius 2 is 1.70 bits per heavy atom. The molecule has 1 nitrogen and oxygen atoms in total. The largest absolute Gasteiger partial charge is 0.310 e. The molecule has 0 bridgehead atoms. The molecule has 1 aromatic carbocycles. The summed E-state index contributed by atoms with van der Waals surface area (Å²) < 4.78 is 26.2. The predicted molar refractivity (Wildman–Crippen MR) is 77.6 cm³/mol. The molecule has 1 atom stereocenters. The van der Waals surface area contributed by atoms with Crippen molar-refractivity contribution in [3.8, 4) is 0 Å². The normalized spacial score (nSPS) is 30.9. The molecule has 2 aliphatic rings. The lowest BCUT2D eigenvalue weighted by Crippen LogP contribution is -2.40. The van der Waals surface area contributed by atoms with E-state index in [0.717, 1.165) is 31.4 Å². The number of alkyl halides is 1. The number of hydrogen-bond acceptors (Lipinski definition) is 1. The zero-order chi connectivity index (χ0) is 13.9. The molecule has 0 aromatic heterocycles.